The molecule has 1 saturated heterocycles. The van der Waals surface area contributed by atoms with Gasteiger partial charge in [-0.1, -0.05) is 12.7 Å². The molecule has 15 heavy (non-hydrogen) atoms. The predicted octanol–water partition coefficient (Wildman–Crippen LogP) is -0.943. The first-order valence-electron chi connectivity index (χ1n) is 5.30. The quantitative estimate of drug-likeness (QED) is 0.338. The Morgan fingerprint density at radius 3 is 2.93 bits per heavy atom. The summed E-state index contributed by atoms with van der Waals surface area (Å²) in [6.07, 6.45) is 2.26. The average molecular weight is 213 g/mol. The molecule has 0 saturated carbocycles. The van der Waals surface area contributed by atoms with Crippen molar-refractivity contribution in [1.29, 1.82) is 0 Å². The van der Waals surface area contributed by atoms with Crippen molar-refractivity contribution in [3.8, 4) is 0 Å². The number of nitrogens with one attached hydrogen (secondary N) is 2. The van der Waals surface area contributed by atoms with Crippen molar-refractivity contribution in [2.24, 2.45) is 5.92 Å². The van der Waals surface area contributed by atoms with Gasteiger partial charge in [-0.25, -0.2) is 0 Å². The Kier molecular flexibility index (Phi) is 5.07. The maximum Gasteiger partial charge on any atom is 0.321 e. The first-order chi connectivity index (χ1) is 7.20. The highest BCUT2D eigenvalue weighted by Gasteiger charge is 2.38. The number of carboxylic acid groups (broad SMARTS) is 1. The summed E-state index contributed by atoms with van der Waals surface area (Å²) in [5, 5.41) is 23.7. The van der Waals surface area contributed by atoms with E-state index in [1.54, 1.807) is 0 Å². The fourth-order valence-corrected chi connectivity index (χ4v) is 2.19. The first kappa shape index (κ1) is 12.5. The van der Waals surface area contributed by atoms with Crippen molar-refractivity contribution in [2.75, 3.05) is 13.6 Å². The van der Waals surface area contributed by atoms with Crippen molar-refractivity contribution in [2.45, 2.75) is 31.2 Å². The molecule has 1 rings (SSSR count). The smallest absolute Gasteiger partial charge is 0.321 e. The SMILES string of the molecule is CN[C@H]1CN[C@H](C(=O)O)[C@@H]1CCC[B]O. The maximum absolute atomic E-state index is 11.0. The molecule has 1 heterocycles. The molecule has 1 aliphatic heterocycles. The maximum atomic E-state index is 11.0. The van der Waals surface area contributed by atoms with E-state index in [1.165, 1.54) is 0 Å². The lowest BCUT2D eigenvalue weighted by molar-refractivity contribution is -0.140. The molecule has 0 spiro atoms. The van der Waals surface area contributed by atoms with Gasteiger partial charge < -0.3 is 20.8 Å². The fraction of sp³-hybridized carbons (Fsp3) is 0.889. The largest absolute Gasteiger partial charge is 0.480 e. The Balaban J connectivity index is 2.48. The van der Waals surface area contributed by atoms with Crippen LogP contribution in [0.3, 0.4) is 0 Å². The number of hydrogen-bond donors (Lipinski definition) is 4. The van der Waals surface area contributed by atoms with Gasteiger partial charge >= 0.3 is 5.97 Å². The summed E-state index contributed by atoms with van der Waals surface area (Å²) in [4.78, 5) is 11.0. The summed E-state index contributed by atoms with van der Waals surface area (Å²) in [5.74, 6) is -0.682. The van der Waals surface area contributed by atoms with Gasteiger partial charge in [0, 0.05) is 18.5 Å². The molecule has 0 bridgehead atoms. The van der Waals surface area contributed by atoms with Gasteiger partial charge in [0.05, 0.1) is 0 Å². The molecule has 0 unspecified atom stereocenters. The second kappa shape index (κ2) is 6.10. The third-order valence-corrected chi connectivity index (χ3v) is 3.01. The van der Waals surface area contributed by atoms with E-state index in [4.69, 9.17) is 10.1 Å². The summed E-state index contributed by atoms with van der Waals surface area (Å²) in [5.41, 5.74) is 0. The lowest BCUT2D eigenvalue weighted by Gasteiger charge is -2.20. The van der Waals surface area contributed by atoms with Gasteiger partial charge in [0.1, 0.15) is 6.04 Å². The Morgan fingerprint density at radius 2 is 2.40 bits per heavy atom. The van der Waals surface area contributed by atoms with E-state index in [2.05, 4.69) is 10.6 Å². The third kappa shape index (κ3) is 3.19. The molecule has 1 aliphatic rings. The van der Waals surface area contributed by atoms with E-state index < -0.39 is 12.0 Å². The monoisotopic (exact) mass is 213 g/mol. The van der Waals surface area contributed by atoms with Crippen LogP contribution in [-0.2, 0) is 4.79 Å². The van der Waals surface area contributed by atoms with E-state index in [0.717, 1.165) is 20.3 Å². The number of hydrogen-bond acceptors (Lipinski definition) is 4. The minimum Gasteiger partial charge on any atom is -0.480 e. The number of rotatable bonds is 6. The Hall–Kier alpha value is -0.585. The normalized spacial score (nSPS) is 30.4. The summed E-state index contributed by atoms with van der Waals surface area (Å²) in [6, 6.07) is -0.245. The highest BCUT2D eigenvalue weighted by atomic mass is 16.4. The van der Waals surface area contributed by atoms with E-state index in [-0.39, 0.29) is 12.0 Å². The second-order valence-corrected chi connectivity index (χ2v) is 3.90. The Morgan fingerprint density at radius 1 is 1.67 bits per heavy atom. The van der Waals surface area contributed by atoms with Gasteiger partial charge in [0.25, 0.3) is 7.48 Å². The molecule has 5 nitrogen and oxygen atoms in total. The molecule has 3 atom stereocenters. The van der Waals surface area contributed by atoms with Gasteiger partial charge in [-0.3, -0.25) is 4.79 Å². The molecule has 0 amide bonds. The molecule has 1 fully saturated rings. The Labute approximate surface area is 90.5 Å². The highest BCUT2D eigenvalue weighted by molar-refractivity contribution is 6.25. The molecule has 0 aliphatic carbocycles. The summed E-state index contributed by atoms with van der Waals surface area (Å²) in [7, 11) is 2.98. The van der Waals surface area contributed by atoms with Crippen molar-refractivity contribution >= 4 is 13.5 Å². The lowest BCUT2D eigenvalue weighted by atomic mass is 9.85. The summed E-state index contributed by atoms with van der Waals surface area (Å²) in [6.45, 7) is 0.695. The number of likely N-dealkylation sites (N-methyl/N-ethyl adjacent to an activating group) is 1. The van der Waals surface area contributed by atoms with E-state index in [0.29, 0.717) is 12.9 Å². The summed E-state index contributed by atoms with van der Waals surface area (Å²) < 4.78 is 0. The zero-order valence-corrected chi connectivity index (χ0v) is 8.94. The van der Waals surface area contributed by atoms with Gasteiger partial charge in [0.2, 0.25) is 0 Å². The summed E-state index contributed by atoms with van der Waals surface area (Å²) >= 11 is 0. The van der Waals surface area contributed by atoms with Crippen LogP contribution in [0.5, 0.6) is 0 Å². The number of carboxylic acids is 1. The van der Waals surface area contributed by atoms with Crippen LogP contribution in [0.2, 0.25) is 6.32 Å². The zero-order valence-electron chi connectivity index (χ0n) is 8.94. The molecular formula is C9H18BN2O3. The van der Waals surface area contributed by atoms with Crippen molar-refractivity contribution in [3.63, 3.8) is 0 Å². The minimum atomic E-state index is -0.786. The molecular weight excluding hydrogens is 195 g/mol. The fourth-order valence-electron chi connectivity index (χ4n) is 2.19. The van der Waals surface area contributed by atoms with Gasteiger partial charge in [-0.15, -0.1) is 0 Å². The first-order valence-corrected chi connectivity index (χ1v) is 5.30. The van der Waals surface area contributed by atoms with Crippen molar-refractivity contribution < 1.29 is 14.9 Å². The van der Waals surface area contributed by atoms with Crippen molar-refractivity contribution in [3.05, 3.63) is 0 Å². The van der Waals surface area contributed by atoms with Crippen molar-refractivity contribution in [1.82, 2.24) is 10.6 Å². The third-order valence-electron chi connectivity index (χ3n) is 3.01. The van der Waals surface area contributed by atoms with Crippen LogP contribution in [0.1, 0.15) is 12.8 Å². The predicted molar refractivity (Wildman–Crippen MR) is 57.8 cm³/mol. The van der Waals surface area contributed by atoms with Crippen LogP contribution in [0, 0.1) is 5.92 Å². The highest BCUT2D eigenvalue weighted by Crippen LogP contribution is 2.22. The van der Waals surface area contributed by atoms with E-state index >= 15 is 0 Å². The van der Waals surface area contributed by atoms with Crippen LogP contribution in [0.25, 0.3) is 0 Å². The van der Waals surface area contributed by atoms with Gasteiger partial charge in [-0.05, 0) is 13.5 Å². The van der Waals surface area contributed by atoms with Gasteiger partial charge in [-0.2, -0.15) is 0 Å². The molecule has 6 heteroatoms. The van der Waals surface area contributed by atoms with Crippen LogP contribution in [0.15, 0.2) is 0 Å². The molecule has 4 N–H and O–H groups in total. The van der Waals surface area contributed by atoms with E-state index in [9.17, 15) is 4.79 Å². The Bertz CT molecular complexity index is 216. The van der Waals surface area contributed by atoms with Crippen LogP contribution in [0.4, 0.5) is 0 Å². The van der Waals surface area contributed by atoms with Crippen LogP contribution < -0.4 is 10.6 Å². The van der Waals surface area contributed by atoms with Crippen LogP contribution >= 0.6 is 0 Å². The van der Waals surface area contributed by atoms with E-state index in [1.807, 2.05) is 7.05 Å². The topological polar surface area (TPSA) is 81.6 Å². The molecule has 1 radical (unpaired) electrons. The second-order valence-electron chi connectivity index (χ2n) is 3.90. The standard InChI is InChI=1S/C9H18BN2O3/c1-11-7-5-12-8(9(13)14)6(7)3-2-4-10-15/h6-8,11-12,15H,2-5H2,1H3,(H,13,14)/t6-,7+,8+/m1/s1. The molecule has 0 aromatic heterocycles. The van der Waals surface area contributed by atoms with Gasteiger partial charge in [0.15, 0.2) is 0 Å². The lowest BCUT2D eigenvalue weighted by Crippen LogP contribution is -2.38. The van der Waals surface area contributed by atoms with Crippen LogP contribution in [-0.4, -0.2) is 49.3 Å². The zero-order chi connectivity index (χ0) is 11.3. The number of carbonyl (C=O) groups is 1. The number of aliphatic carboxylic acids is 1. The average Bonchev–Trinajstić information content (AvgIpc) is 2.61. The molecule has 0 aromatic rings. The molecule has 85 valence electrons. The minimum absolute atomic E-state index is 0.104. The molecule has 0 aromatic carbocycles.